The molecular weight excluding hydrogens is 513 g/mol. The minimum Gasteiger partial charge on any atom is -0.379 e. The van der Waals surface area contributed by atoms with E-state index in [0.29, 0.717) is 18.5 Å². The molecule has 0 radical (unpaired) electrons. The summed E-state index contributed by atoms with van der Waals surface area (Å²) in [6.45, 7) is 9.21. The number of ether oxygens (including phenoxy) is 1. The summed E-state index contributed by atoms with van der Waals surface area (Å²) in [5.74, 6) is 2.06. The van der Waals surface area contributed by atoms with Crippen LogP contribution in [0.15, 0.2) is 33.1 Å². The minimum absolute atomic E-state index is 0. The fourth-order valence-corrected chi connectivity index (χ4v) is 4.54. The summed E-state index contributed by atoms with van der Waals surface area (Å²) in [4.78, 5) is 8.21. The Bertz CT molecular complexity index is 742. The topological polar surface area (TPSA) is 74.9 Å². The first kappa shape index (κ1) is 25.1. The maximum atomic E-state index is 5.53. The Balaban J connectivity index is 0.00000320. The van der Waals surface area contributed by atoms with Crippen molar-refractivity contribution in [3.63, 3.8) is 0 Å². The van der Waals surface area contributed by atoms with Crippen LogP contribution in [0.2, 0.25) is 0 Å². The Morgan fingerprint density at radius 2 is 2.03 bits per heavy atom. The van der Waals surface area contributed by atoms with Crippen LogP contribution < -0.4 is 10.6 Å². The number of hydrogen-bond acceptors (Lipinski definition) is 6. The Kier molecular flexibility index (Phi) is 11.1. The molecule has 3 heterocycles. The maximum absolute atomic E-state index is 5.53. The van der Waals surface area contributed by atoms with Crippen LogP contribution in [-0.4, -0.2) is 55.9 Å². The number of aromatic nitrogens is 1. The normalized spacial score (nSPS) is 16.3. The van der Waals surface area contributed by atoms with E-state index in [2.05, 4.69) is 63.1 Å². The largest absolute Gasteiger partial charge is 0.379 e. The van der Waals surface area contributed by atoms with Gasteiger partial charge in [-0.05, 0) is 24.3 Å². The molecule has 7 nitrogen and oxygen atoms in total. The molecule has 168 valence electrons. The summed E-state index contributed by atoms with van der Waals surface area (Å²) in [5.41, 5.74) is 1.04. The Morgan fingerprint density at radius 3 is 2.67 bits per heavy atom. The van der Waals surface area contributed by atoms with Gasteiger partial charge in [0.1, 0.15) is 0 Å². The molecule has 0 spiro atoms. The summed E-state index contributed by atoms with van der Waals surface area (Å²) in [7, 11) is 1.79. The van der Waals surface area contributed by atoms with E-state index in [-0.39, 0.29) is 24.0 Å². The van der Waals surface area contributed by atoms with Crippen molar-refractivity contribution in [1.29, 1.82) is 0 Å². The molecule has 1 saturated heterocycles. The quantitative estimate of drug-likeness (QED) is 0.281. The highest BCUT2D eigenvalue weighted by Gasteiger charge is 2.23. The van der Waals surface area contributed by atoms with E-state index in [0.717, 1.165) is 63.1 Å². The standard InChI is InChI=1S/C21H33N5O2S.HI/c1-4-16(5-2)18-13-17(28-25-18)14-23-21(22-3)24-15-19(20-7-6-12-29-20)26-8-10-27-11-9-26;/h6-7,12-13,16,19H,4-5,8-11,14-15H2,1-3H3,(H2,22,23,24);1H. The molecule has 2 aromatic rings. The van der Waals surface area contributed by atoms with Crippen molar-refractivity contribution in [2.75, 3.05) is 39.9 Å². The molecule has 9 heteroatoms. The number of nitrogens with zero attached hydrogens (tertiary/aromatic N) is 3. The number of halogens is 1. The van der Waals surface area contributed by atoms with Gasteiger partial charge in [-0.15, -0.1) is 35.3 Å². The average molecular weight is 548 g/mol. The molecule has 0 bridgehead atoms. The van der Waals surface area contributed by atoms with Crippen molar-refractivity contribution in [3.8, 4) is 0 Å². The van der Waals surface area contributed by atoms with Crippen LogP contribution in [0.3, 0.4) is 0 Å². The summed E-state index contributed by atoms with van der Waals surface area (Å²) < 4.78 is 11.0. The second-order valence-corrected chi connectivity index (χ2v) is 8.20. The predicted molar refractivity (Wildman–Crippen MR) is 133 cm³/mol. The number of morpholine rings is 1. The van der Waals surface area contributed by atoms with Crippen LogP contribution in [0.5, 0.6) is 0 Å². The lowest BCUT2D eigenvalue weighted by Gasteiger charge is -2.34. The number of thiophene rings is 1. The van der Waals surface area contributed by atoms with E-state index in [4.69, 9.17) is 9.26 Å². The Morgan fingerprint density at radius 1 is 1.27 bits per heavy atom. The number of guanidine groups is 1. The van der Waals surface area contributed by atoms with Gasteiger partial charge in [0.05, 0.1) is 31.5 Å². The average Bonchev–Trinajstić information content (AvgIpc) is 3.45. The lowest BCUT2D eigenvalue weighted by atomic mass is 9.99. The molecular formula is C21H34IN5O2S. The molecule has 1 aliphatic heterocycles. The molecule has 0 saturated carbocycles. The van der Waals surface area contributed by atoms with Crippen LogP contribution in [-0.2, 0) is 11.3 Å². The molecule has 0 aliphatic carbocycles. The third-order valence-corrected chi connectivity index (χ3v) is 6.43. The first-order valence-electron chi connectivity index (χ1n) is 10.5. The summed E-state index contributed by atoms with van der Waals surface area (Å²) in [6.07, 6.45) is 2.15. The van der Waals surface area contributed by atoms with Crippen molar-refractivity contribution in [3.05, 3.63) is 39.9 Å². The van der Waals surface area contributed by atoms with Crippen molar-refractivity contribution in [2.24, 2.45) is 4.99 Å². The molecule has 1 atom stereocenters. The van der Waals surface area contributed by atoms with Gasteiger partial charge in [0, 0.05) is 43.5 Å². The molecule has 30 heavy (non-hydrogen) atoms. The van der Waals surface area contributed by atoms with Crippen molar-refractivity contribution >= 4 is 41.3 Å². The second kappa shape index (κ2) is 13.3. The van der Waals surface area contributed by atoms with Crippen molar-refractivity contribution in [2.45, 2.75) is 45.2 Å². The maximum Gasteiger partial charge on any atom is 0.191 e. The lowest BCUT2D eigenvalue weighted by Crippen LogP contribution is -2.46. The summed E-state index contributed by atoms with van der Waals surface area (Å²) in [6, 6.07) is 6.68. The summed E-state index contributed by atoms with van der Waals surface area (Å²) >= 11 is 1.80. The Labute approximate surface area is 200 Å². The highest BCUT2D eigenvalue weighted by atomic mass is 127. The number of hydrogen-bond donors (Lipinski definition) is 2. The van der Waals surface area contributed by atoms with E-state index in [1.165, 1.54) is 4.88 Å². The van der Waals surface area contributed by atoms with Gasteiger partial charge in [-0.3, -0.25) is 9.89 Å². The van der Waals surface area contributed by atoms with Gasteiger partial charge in [0.25, 0.3) is 0 Å². The van der Waals surface area contributed by atoms with E-state index < -0.39 is 0 Å². The van der Waals surface area contributed by atoms with Gasteiger partial charge in [-0.1, -0.05) is 25.1 Å². The van der Waals surface area contributed by atoms with Crippen LogP contribution in [0.1, 0.15) is 55.0 Å². The fourth-order valence-electron chi connectivity index (χ4n) is 3.68. The van der Waals surface area contributed by atoms with Crippen molar-refractivity contribution in [1.82, 2.24) is 20.7 Å². The van der Waals surface area contributed by atoms with Crippen LogP contribution in [0, 0.1) is 0 Å². The van der Waals surface area contributed by atoms with Crippen LogP contribution >= 0.6 is 35.3 Å². The third-order valence-electron chi connectivity index (χ3n) is 5.46. The Hall–Kier alpha value is -1.17. The molecule has 2 aromatic heterocycles. The van der Waals surface area contributed by atoms with Crippen LogP contribution in [0.25, 0.3) is 0 Å². The smallest absolute Gasteiger partial charge is 0.191 e. The third kappa shape index (κ3) is 6.93. The van der Waals surface area contributed by atoms with Gasteiger partial charge >= 0.3 is 0 Å². The number of nitrogens with one attached hydrogen (secondary N) is 2. The number of aliphatic imine (C=N–C) groups is 1. The van der Waals surface area contributed by atoms with Gasteiger partial charge in [-0.2, -0.15) is 0 Å². The molecule has 1 unspecified atom stereocenters. The zero-order valence-electron chi connectivity index (χ0n) is 18.1. The first-order valence-corrected chi connectivity index (χ1v) is 11.4. The zero-order chi connectivity index (χ0) is 20.5. The van der Waals surface area contributed by atoms with E-state index >= 15 is 0 Å². The molecule has 3 rings (SSSR count). The van der Waals surface area contributed by atoms with Gasteiger partial charge < -0.3 is 19.9 Å². The van der Waals surface area contributed by atoms with Crippen molar-refractivity contribution < 1.29 is 9.26 Å². The molecule has 2 N–H and O–H groups in total. The van der Waals surface area contributed by atoms with Gasteiger partial charge in [-0.25, -0.2) is 0 Å². The first-order chi connectivity index (χ1) is 14.2. The van der Waals surface area contributed by atoms with Crippen LogP contribution in [0.4, 0.5) is 0 Å². The lowest BCUT2D eigenvalue weighted by molar-refractivity contribution is 0.0177. The monoisotopic (exact) mass is 547 g/mol. The number of rotatable bonds is 9. The molecule has 1 aliphatic rings. The minimum atomic E-state index is 0. The van der Waals surface area contributed by atoms with E-state index in [1.807, 2.05) is 0 Å². The van der Waals surface area contributed by atoms with Gasteiger partial charge in [0.15, 0.2) is 11.7 Å². The van der Waals surface area contributed by atoms with Gasteiger partial charge in [0.2, 0.25) is 0 Å². The molecule has 0 aromatic carbocycles. The fraction of sp³-hybridized carbons (Fsp3) is 0.619. The molecule has 0 amide bonds. The predicted octanol–water partition coefficient (Wildman–Crippen LogP) is 4.00. The highest BCUT2D eigenvalue weighted by molar-refractivity contribution is 14.0. The molecule has 1 fully saturated rings. The zero-order valence-corrected chi connectivity index (χ0v) is 21.2. The summed E-state index contributed by atoms with van der Waals surface area (Å²) in [5, 5.41) is 13.2. The second-order valence-electron chi connectivity index (χ2n) is 7.22. The van der Waals surface area contributed by atoms with E-state index in [9.17, 15) is 0 Å². The SMILES string of the molecule is CCC(CC)c1cc(CNC(=NC)NCC(c2cccs2)N2CCOCC2)on1.I. The highest BCUT2D eigenvalue weighted by Crippen LogP contribution is 2.25. The van der Waals surface area contributed by atoms with E-state index in [1.54, 1.807) is 18.4 Å².